The molecule has 0 fully saturated rings. The number of esters is 1. The molecule has 1 aromatic carbocycles. The van der Waals surface area contributed by atoms with Gasteiger partial charge in [-0.05, 0) is 39.4 Å². The van der Waals surface area contributed by atoms with Crippen LogP contribution in [0.15, 0.2) is 28.7 Å². The standard InChI is InChI=1S/C14H20BrNO2/c1-5-18-13(17)14(2,3)16(4)10-11-8-6-7-9-12(11)15/h6-9H,5,10H2,1-4H3. The lowest BCUT2D eigenvalue weighted by Crippen LogP contribution is -2.48. The lowest BCUT2D eigenvalue weighted by Gasteiger charge is -2.33. The van der Waals surface area contributed by atoms with Crippen molar-refractivity contribution < 1.29 is 9.53 Å². The van der Waals surface area contributed by atoms with Gasteiger partial charge in [-0.25, -0.2) is 0 Å². The number of benzene rings is 1. The van der Waals surface area contributed by atoms with Crippen LogP contribution in [0.2, 0.25) is 0 Å². The smallest absolute Gasteiger partial charge is 0.325 e. The Morgan fingerprint density at radius 2 is 2.00 bits per heavy atom. The van der Waals surface area contributed by atoms with E-state index in [-0.39, 0.29) is 5.97 Å². The molecule has 3 nitrogen and oxygen atoms in total. The Bertz CT molecular complexity index is 418. The number of carbonyl (C=O) groups excluding carboxylic acids is 1. The maximum atomic E-state index is 11.9. The number of rotatable bonds is 5. The Labute approximate surface area is 117 Å². The average molecular weight is 314 g/mol. The van der Waals surface area contributed by atoms with Gasteiger partial charge in [0.05, 0.1) is 6.61 Å². The lowest BCUT2D eigenvalue weighted by atomic mass is 10.0. The Kier molecular flexibility index (Phi) is 5.35. The second-order valence-corrected chi connectivity index (χ2v) is 5.58. The molecule has 0 radical (unpaired) electrons. The summed E-state index contributed by atoms with van der Waals surface area (Å²) in [4.78, 5) is 13.9. The molecule has 0 atom stereocenters. The zero-order chi connectivity index (χ0) is 13.8. The van der Waals surface area contributed by atoms with Gasteiger partial charge < -0.3 is 4.74 Å². The first-order valence-electron chi connectivity index (χ1n) is 6.01. The molecule has 1 aromatic rings. The Morgan fingerprint density at radius 3 is 2.56 bits per heavy atom. The van der Waals surface area contributed by atoms with Crippen molar-refractivity contribution >= 4 is 21.9 Å². The van der Waals surface area contributed by atoms with Crippen LogP contribution in [-0.4, -0.2) is 30.1 Å². The molecule has 0 N–H and O–H groups in total. The molecular formula is C14H20BrNO2. The van der Waals surface area contributed by atoms with E-state index in [4.69, 9.17) is 4.74 Å². The highest BCUT2D eigenvalue weighted by molar-refractivity contribution is 9.10. The fourth-order valence-corrected chi connectivity index (χ4v) is 1.95. The first-order chi connectivity index (χ1) is 8.39. The molecule has 0 aliphatic heterocycles. The minimum absolute atomic E-state index is 0.195. The highest BCUT2D eigenvalue weighted by Crippen LogP contribution is 2.22. The van der Waals surface area contributed by atoms with E-state index in [0.717, 1.165) is 10.0 Å². The first-order valence-corrected chi connectivity index (χ1v) is 6.80. The predicted molar refractivity (Wildman–Crippen MR) is 76.3 cm³/mol. The van der Waals surface area contributed by atoms with E-state index in [1.165, 1.54) is 0 Å². The molecule has 0 saturated heterocycles. The summed E-state index contributed by atoms with van der Waals surface area (Å²) in [6, 6.07) is 8.01. The van der Waals surface area contributed by atoms with Crippen LogP contribution in [-0.2, 0) is 16.1 Å². The predicted octanol–water partition coefficient (Wildman–Crippen LogP) is 3.22. The number of hydrogen-bond acceptors (Lipinski definition) is 3. The van der Waals surface area contributed by atoms with Crippen molar-refractivity contribution in [1.82, 2.24) is 4.90 Å². The molecule has 0 saturated carbocycles. The zero-order valence-corrected chi connectivity index (χ0v) is 13.0. The number of ether oxygens (including phenoxy) is 1. The van der Waals surface area contributed by atoms with Gasteiger partial charge in [-0.15, -0.1) is 0 Å². The molecule has 0 unspecified atom stereocenters. The zero-order valence-electron chi connectivity index (χ0n) is 11.4. The maximum Gasteiger partial charge on any atom is 0.325 e. The largest absolute Gasteiger partial charge is 0.465 e. The summed E-state index contributed by atoms with van der Waals surface area (Å²) in [5.41, 5.74) is 0.517. The second-order valence-electron chi connectivity index (χ2n) is 4.73. The summed E-state index contributed by atoms with van der Waals surface area (Å²) in [5, 5.41) is 0. The molecule has 4 heteroatoms. The Balaban J connectivity index is 2.79. The highest BCUT2D eigenvalue weighted by atomic mass is 79.9. The van der Waals surface area contributed by atoms with E-state index < -0.39 is 5.54 Å². The van der Waals surface area contributed by atoms with Crippen LogP contribution >= 0.6 is 15.9 Å². The number of likely N-dealkylation sites (N-methyl/N-ethyl adjacent to an activating group) is 1. The molecule has 0 heterocycles. The van der Waals surface area contributed by atoms with Crippen molar-refractivity contribution in [3.8, 4) is 0 Å². The fraction of sp³-hybridized carbons (Fsp3) is 0.500. The van der Waals surface area contributed by atoms with Crippen LogP contribution in [0.4, 0.5) is 0 Å². The monoisotopic (exact) mass is 313 g/mol. The van der Waals surface area contributed by atoms with Crippen molar-refractivity contribution in [2.24, 2.45) is 0 Å². The van der Waals surface area contributed by atoms with Crippen molar-refractivity contribution in [3.63, 3.8) is 0 Å². The van der Waals surface area contributed by atoms with Gasteiger partial charge >= 0.3 is 5.97 Å². The molecule has 100 valence electrons. The van der Waals surface area contributed by atoms with Gasteiger partial charge in [0, 0.05) is 11.0 Å². The van der Waals surface area contributed by atoms with Gasteiger partial charge in [-0.1, -0.05) is 34.1 Å². The number of carbonyl (C=O) groups is 1. The Morgan fingerprint density at radius 1 is 1.39 bits per heavy atom. The van der Waals surface area contributed by atoms with Crippen LogP contribution in [0.25, 0.3) is 0 Å². The van der Waals surface area contributed by atoms with E-state index in [9.17, 15) is 4.79 Å². The SMILES string of the molecule is CCOC(=O)C(C)(C)N(C)Cc1ccccc1Br. The summed E-state index contributed by atoms with van der Waals surface area (Å²) < 4.78 is 6.16. The van der Waals surface area contributed by atoms with Gasteiger partial charge in [0.2, 0.25) is 0 Å². The molecule has 1 rings (SSSR count). The molecule has 0 amide bonds. The average Bonchev–Trinajstić information content (AvgIpc) is 2.32. The molecular weight excluding hydrogens is 294 g/mol. The summed E-state index contributed by atoms with van der Waals surface area (Å²) in [7, 11) is 1.93. The fourth-order valence-electron chi connectivity index (χ4n) is 1.54. The third-order valence-corrected chi connectivity index (χ3v) is 3.87. The van der Waals surface area contributed by atoms with E-state index in [1.807, 2.05) is 57.0 Å². The van der Waals surface area contributed by atoms with Crippen molar-refractivity contribution in [2.45, 2.75) is 32.9 Å². The minimum Gasteiger partial charge on any atom is -0.465 e. The summed E-state index contributed by atoms with van der Waals surface area (Å²) in [6.07, 6.45) is 0. The third-order valence-electron chi connectivity index (χ3n) is 3.09. The second kappa shape index (κ2) is 6.34. The van der Waals surface area contributed by atoms with Gasteiger partial charge in [-0.2, -0.15) is 0 Å². The van der Waals surface area contributed by atoms with E-state index in [1.54, 1.807) is 0 Å². The van der Waals surface area contributed by atoms with Crippen LogP contribution in [0, 0.1) is 0 Å². The number of nitrogens with zero attached hydrogens (tertiary/aromatic N) is 1. The number of halogens is 1. The van der Waals surface area contributed by atoms with Crippen LogP contribution in [0.5, 0.6) is 0 Å². The normalized spacial score (nSPS) is 11.7. The van der Waals surface area contributed by atoms with Gasteiger partial charge in [0.1, 0.15) is 5.54 Å². The topological polar surface area (TPSA) is 29.5 Å². The van der Waals surface area contributed by atoms with Crippen molar-refractivity contribution in [3.05, 3.63) is 34.3 Å². The summed E-state index contributed by atoms with van der Waals surface area (Å²) in [5.74, 6) is -0.195. The Hall–Kier alpha value is -0.870. The van der Waals surface area contributed by atoms with E-state index in [2.05, 4.69) is 15.9 Å². The minimum atomic E-state index is -0.634. The van der Waals surface area contributed by atoms with E-state index in [0.29, 0.717) is 13.2 Å². The third kappa shape index (κ3) is 3.56. The highest BCUT2D eigenvalue weighted by Gasteiger charge is 2.33. The van der Waals surface area contributed by atoms with Gasteiger partial charge in [0.15, 0.2) is 0 Å². The number of hydrogen-bond donors (Lipinski definition) is 0. The molecule has 0 spiro atoms. The first kappa shape index (κ1) is 15.2. The van der Waals surface area contributed by atoms with Gasteiger partial charge in [-0.3, -0.25) is 9.69 Å². The van der Waals surface area contributed by atoms with Crippen LogP contribution in [0.3, 0.4) is 0 Å². The summed E-state index contributed by atoms with van der Waals surface area (Å²) >= 11 is 3.52. The van der Waals surface area contributed by atoms with Gasteiger partial charge in [0.25, 0.3) is 0 Å². The van der Waals surface area contributed by atoms with Crippen molar-refractivity contribution in [1.29, 1.82) is 0 Å². The maximum absolute atomic E-state index is 11.9. The molecule has 0 aromatic heterocycles. The molecule has 0 bridgehead atoms. The molecule has 0 aliphatic carbocycles. The summed E-state index contributed by atoms with van der Waals surface area (Å²) in [6.45, 7) is 6.67. The lowest BCUT2D eigenvalue weighted by molar-refractivity contribution is -0.155. The van der Waals surface area contributed by atoms with Crippen LogP contribution < -0.4 is 0 Å². The quantitative estimate of drug-likeness (QED) is 0.782. The molecule has 18 heavy (non-hydrogen) atoms. The van der Waals surface area contributed by atoms with E-state index >= 15 is 0 Å². The van der Waals surface area contributed by atoms with Crippen LogP contribution in [0.1, 0.15) is 26.3 Å². The molecule has 0 aliphatic rings. The van der Waals surface area contributed by atoms with Crippen molar-refractivity contribution in [2.75, 3.05) is 13.7 Å².